The monoisotopic (exact) mass is 1960 g/mol. The van der Waals surface area contributed by atoms with Crippen molar-refractivity contribution >= 4 is 178 Å². The maximum Gasteiger partial charge on any atom is 0.188 e. The van der Waals surface area contributed by atoms with Crippen LogP contribution >= 0.6 is 46.4 Å². The van der Waals surface area contributed by atoms with Crippen molar-refractivity contribution in [1.29, 1.82) is 0 Å². The predicted octanol–water partition coefficient (Wildman–Crippen LogP) is 22.9. The minimum absolute atomic E-state index is 0. The first-order valence-electron chi connectivity index (χ1n) is 38.8. The van der Waals surface area contributed by atoms with E-state index in [0.29, 0.717) is 112 Å². The van der Waals surface area contributed by atoms with Gasteiger partial charge in [-0.3, -0.25) is 0 Å². The average Bonchev–Trinajstić information content (AvgIpc) is 0.834. The Morgan fingerprint density at radius 2 is 0.612 bits per heavy atom. The Morgan fingerprint density at radius 1 is 0.322 bits per heavy atom. The number of hydrogen-bond acceptors (Lipinski definition) is 22. The first-order valence-corrected chi connectivity index (χ1v) is 43.8. The Balaban J connectivity index is 0.000000500. The van der Waals surface area contributed by atoms with E-state index >= 15 is 0 Å². The topological polar surface area (TPSA) is 163 Å². The summed E-state index contributed by atoms with van der Waals surface area (Å²) in [6.07, 6.45) is 11.1. The van der Waals surface area contributed by atoms with Gasteiger partial charge in [-0.15, -0.1) is 0 Å². The number of halogens is 4. The summed E-state index contributed by atoms with van der Waals surface area (Å²) in [6.45, 7) is 17.2. The van der Waals surface area contributed by atoms with Gasteiger partial charge in [0.25, 0.3) is 0 Å². The molecule has 0 spiro atoms. The third-order valence-electron chi connectivity index (χ3n) is 18.1. The fraction of sp³-hybridized carbons (Fsp3) is 0.370. The van der Waals surface area contributed by atoms with Crippen molar-refractivity contribution in [1.82, 2.24) is 0 Å². The first kappa shape index (κ1) is 112. The fourth-order valence-corrected chi connectivity index (χ4v) is 15.1. The zero-order valence-electron chi connectivity index (χ0n) is 70.4. The second-order valence-electron chi connectivity index (χ2n) is 26.7. The van der Waals surface area contributed by atoms with Crippen LogP contribution in [0.15, 0.2) is 194 Å². The number of nitrogens with two attached hydrogens (primary N) is 2. The molecule has 0 bridgehead atoms. The van der Waals surface area contributed by atoms with Crippen LogP contribution in [-0.2, 0) is 153 Å². The SMILES string of the molecule is CCCC[N+](CCCC)(CCCC)CCCC.COCCOc1ccc(C([S-])=C([S-])c2ccccc2Cl)cc1OC.COCCOc1ccc(C([S-])=C([S-])c2ccccc2Cl)cc1OC.COCOc1ccc(C([S-])C([S-])c2ccccc2Cl)cc1OC.COCOc1ccc(C([S-])C([S-])c2ccccc2Cl)cc1OC.Nc1ccc(N)cc1.[Ni].[Ni]. The van der Waals surface area contributed by atoms with E-state index in [9.17, 15) is 0 Å². The Bertz CT molecular complexity index is 4180. The molecule has 9 rings (SSSR count). The molecule has 670 valence electrons. The summed E-state index contributed by atoms with van der Waals surface area (Å²) in [5, 5.41) is 1.19. The summed E-state index contributed by atoms with van der Waals surface area (Å²) in [6, 6.07) is 58.9. The van der Waals surface area contributed by atoms with E-state index in [-0.39, 0.29) is 67.6 Å². The molecular weight excluding hydrogens is 1850 g/mol. The zero-order valence-corrected chi connectivity index (χ0v) is 82.0. The maximum absolute atomic E-state index is 6.22. The molecule has 15 nitrogen and oxygen atoms in total. The van der Waals surface area contributed by atoms with Crippen LogP contribution in [0.1, 0.15) is 145 Å². The average molecular weight is 1970 g/mol. The molecule has 4 unspecified atom stereocenters. The molecule has 0 aliphatic carbocycles. The minimum atomic E-state index is -0.311. The van der Waals surface area contributed by atoms with E-state index in [2.05, 4.69) is 27.7 Å². The molecule has 0 amide bonds. The zero-order chi connectivity index (χ0) is 87.7. The van der Waals surface area contributed by atoms with Gasteiger partial charge in [0, 0.05) is 92.9 Å². The van der Waals surface area contributed by atoms with Gasteiger partial charge in [0.1, 0.15) is 13.2 Å². The minimum Gasteiger partial charge on any atom is -0.786 e. The number of nitrogens with zero attached hydrogens (tertiary/aromatic N) is 1. The van der Waals surface area contributed by atoms with Crippen molar-refractivity contribution in [3.05, 3.63) is 259 Å². The molecular formula is C92H112Cl4N3Ni2O12S8-7. The number of hydrogen-bond donors (Lipinski definition) is 2. The number of methoxy groups -OCH3 is 8. The summed E-state index contributed by atoms with van der Waals surface area (Å²) < 4.78 is 64.8. The van der Waals surface area contributed by atoms with Crippen LogP contribution < -0.4 is 49.4 Å². The fourth-order valence-electron chi connectivity index (χ4n) is 11.6. The van der Waals surface area contributed by atoms with Gasteiger partial charge in [-0.2, -0.15) is 40.6 Å². The third kappa shape index (κ3) is 38.4. The molecule has 0 fully saturated rings. The second kappa shape index (κ2) is 63.6. The largest absolute Gasteiger partial charge is 0.786 e. The van der Waals surface area contributed by atoms with Crippen LogP contribution in [0, 0.1) is 0 Å². The maximum atomic E-state index is 6.22. The van der Waals surface area contributed by atoms with Crippen LogP contribution in [0.5, 0.6) is 46.0 Å². The first-order chi connectivity index (χ1) is 57.3. The van der Waals surface area contributed by atoms with E-state index in [1.165, 1.54) is 82.0 Å². The molecule has 0 heterocycles. The van der Waals surface area contributed by atoms with E-state index < -0.39 is 0 Å². The Kier molecular flexibility index (Phi) is 58.7. The number of anilines is 2. The molecule has 4 N–H and O–H groups in total. The predicted molar refractivity (Wildman–Crippen MR) is 516 cm³/mol. The molecule has 0 aliphatic rings. The molecule has 9 aromatic rings. The summed E-state index contributed by atoms with van der Waals surface area (Å²) in [5.74, 6) is 4.82. The van der Waals surface area contributed by atoms with Crippen LogP contribution in [0.2, 0.25) is 20.1 Å². The molecule has 121 heavy (non-hydrogen) atoms. The summed E-state index contributed by atoms with van der Waals surface area (Å²) in [4.78, 5) is 2.15. The van der Waals surface area contributed by atoms with Gasteiger partial charge in [0.15, 0.2) is 59.6 Å². The molecule has 9 aromatic carbocycles. The van der Waals surface area contributed by atoms with Gasteiger partial charge in [-0.25, -0.2) is 0 Å². The van der Waals surface area contributed by atoms with Crippen molar-refractivity contribution < 1.29 is 94.3 Å². The second-order valence-corrected chi connectivity index (χ2v) is 31.9. The number of quaternary nitrogens is 1. The molecule has 0 saturated carbocycles. The number of nitrogen functional groups attached to an aromatic ring is 2. The number of unbranched alkanes of at least 4 members (excludes halogenated alkanes) is 4. The van der Waals surface area contributed by atoms with E-state index in [1.54, 1.807) is 105 Å². The van der Waals surface area contributed by atoms with E-state index in [1.807, 2.05) is 146 Å². The van der Waals surface area contributed by atoms with E-state index in [0.717, 1.165) is 55.9 Å². The Labute approximate surface area is 804 Å². The van der Waals surface area contributed by atoms with Crippen molar-refractivity contribution in [2.24, 2.45) is 0 Å². The standard InChI is InChI=1S/2C18H19ClO3S2.2C17H19ClO3S2.C16H36N.C6H8N2.2Ni/c2*1-20-9-10-22-15-8-7-12(11-16(15)21-2)17(23)18(24)13-5-3-4-6-14(13)19;2*1-19-10-21-14-8-7-11(9-15(14)20-2)16(22)17(23)12-5-3-4-6-13(12)18;1-5-9-13-17(14-10-6-2,15-11-7-3)16-12-8-4;7-5-1-2-6(8)4-3-5;;/h2*3-8,11,23-24H,9-10H2,1-2H3;2*3-9,16-17,22-23H,10H2,1-2H3;5-16H2,1-4H3;1-4H,7-8H2;;/q;;;;+1;;;/p-8. The van der Waals surface area contributed by atoms with Crippen molar-refractivity contribution in [3.8, 4) is 46.0 Å². The third-order valence-corrected chi connectivity index (χ3v) is 24.0. The quantitative estimate of drug-likeness (QED) is 0.00708. The van der Waals surface area contributed by atoms with Crippen molar-refractivity contribution in [3.63, 3.8) is 0 Å². The molecule has 0 saturated heterocycles. The van der Waals surface area contributed by atoms with Gasteiger partial charge in [-0.05, 0) is 145 Å². The Morgan fingerprint density at radius 3 is 0.901 bits per heavy atom. The number of rotatable bonds is 40. The van der Waals surface area contributed by atoms with Crippen LogP contribution in [0.4, 0.5) is 11.4 Å². The van der Waals surface area contributed by atoms with Gasteiger partial charge in [0.05, 0.1) is 67.8 Å². The summed E-state index contributed by atoms with van der Waals surface area (Å²) >= 11 is 69.3. The molecule has 0 aliphatic heterocycles. The molecule has 0 radical (unpaired) electrons. The van der Waals surface area contributed by atoms with Crippen LogP contribution in [0.3, 0.4) is 0 Å². The van der Waals surface area contributed by atoms with E-state index in [4.69, 9.17) is 216 Å². The van der Waals surface area contributed by atoms with Gasteiger partial charge >= 0.3 is 0 Å². The van der Waals surface area contributed by atoms with Gasteiger partial charge < -0.3 is 174 Å². The van der Waals surface area contributed by atoms with Crippen LogP contribution in [-0.4, -0.2) is 128 Å². The molecule has 0 aromatic heterocycles. The number of ether oxygens (including phenoxy) is 12. The smallest absolute Gasteiger partial charge is 0.188 e. The normalized spacial score (nSPS) is 12.1. The molecule has 29 heteroatoms. The van der Waals surface area contributed by atoms with Gasteiger partial charge in [0.2, 0.25) is 0 Å². The van der Waals surface area contributed by atoms with Gasteiger partial charge in [-0.1, -0.05) is 219 Å². The van der Waals surface area contributed by atoms with Crippen molar-refractivity contribution in [2.45, 2.75) is 100 Å². The van der Waals surface area contributed by atoms with Crippen molar-refractivity contribution in [2.75, 3.05) is 135 Å². The Hall–Kier alpha value is -5.31. The molecule has 4 atom stereocenters. The van der Waals surface area contributed by atoms with Crippen LogP contribution in [0.25, 0.3) is 19.6 Å². The summed E-state index contributed by atoms with van der Waals surface area (Å²) in [5.41, 5.74) is 18.8. The number of benzene rings is 9. The summed E-state index contributed by atoms with van der Waals surface area (Å²) in [7, 11) is 12.7.